The van der Waals surface area contributed by atoms with Gasteiger partial charge in [0.15, 0.2) is 11.5 Å². The molecular formula is C19H21ClF2N6O2. The maximum absolute atomic E-state index is 13.4. The first-order valence-electron chi connectivity index (χ1n) is 9.06. The van der Waals surface area contributed by atoms with E-state index in [-0.39, 0.29) is 17.5 Å². The highest BCUT2D eigenvalue weighted by atomic mass is 35.5. The monoisotopic (exact) mass is 438 g/mol. The third-order valence-electron chi connectivity index (χ3n) is 3.88. The van der Waals surface area contributed by atoms with Gasteiger partial charge in [-0.3, -0.25) is 10.7 Å². The zero-order valence-electron chi connectivity index (χ0n) is 16.3. The van der Waals surface area contributed by atoms with Crippen molar-refractivity contribution in [3.05, 3.63) is 46.9 Å². The average Bonchev–Trinajstić information content (AvgIpc) is 3.11. The van der Waals surface area contributed by atoms with Gasteiger partial charge in [-0.1, -0.05) is 11.6 Å². The molecule has 30 heavy (non-hydrogen) atoms. The number of hydrogen-bond acceptors (Lipinski definition) is 6. The molecule has 8 nitrogen and oxygen atoms in total. The van der Waals surface area contributed by atoms with E-state index in [9.17, 15) is 14.0 Å². The minimum absolute atomic E-state index is 0.00406. The summed E-state index contributed by atoms with van der Waals surface area (Å²) in [6, 6.07) is 5.58. The number of hydroxylamine groups is 1. The van der Waals surface area contributed by atoms with Crippen molar-refractivity contribution in [3.63, 3.8) is 0 Å². The summed E-state index contributed by atoms with van der Waals surface area (Å²) in [5.41, 5.74) is 2.38. The van der Waals surface area contributed by atoms with Gasteiger partial charge in [0, 0.05) is 18.3 Å². The molecule has 0 saturated heterocycles. The predicted molar refractivity (Wildman–Crippen MR) is 111 cm³/mol. The molecule has 160 valence electrons. The van der Waals surface area contributed by atoms with E-state index < -0.39 is 11.5 Å². The van der Waals surface area contributed by atoms with Gasteiger partial charge in [-0.2, -0.15) is 4.98 Å². The van der Waals surface area contributed by atoms with Crippen molar-refractivity contribution in [2.75, 3.05) is 25.1 Å². The number of aromatic nitrogens is 3. The normalized spacial score (nSPS) is 12.4. The van der Waals surface area contributed by atoms with Crippen LogP contribution in [0.15, 0.2) is 35.5 Å². The second-order valence-electron chi connectivity index (χ2n) is 7.01. The number of fused-ring (bicyclic) bond motifs is 1. The first-order chi connectivity index (χ1) is 14.3. The number of H-pyrrole nitrogens is 1. The van der Waals surface area contributed by atoms with Crippen LogP contribution in [-0.4, -0.2) is 51.4 Å². The number of ether oxygens (including phenoxy) is 1. The van der Waals surface area contributed by atoms with Gasteiger partial charge in [0.05, 0.1) is 29.4 Å². The second-order valence-corrected chi connectivity index (χ2v) is 7.42. The fourth-order valence-corrected chi connectivity index (χ4v) is 2.75. The summed E-state index contributed by atoms with van der Waals surface area (Å²) in [4.78, 5) is 15.8. The van der Waals surface area contributed by atoms with Gasteiger partial charge in [0.1, 0.15) is 11.5 Å². The van der Waals surface area contributed by atoms with Crippen molar-refractivity contribution in [2.45, 2.75) is 19.5 Å². The number of alkyl halides is 1. The predicted octanol–water partition coefficient (Wildman–Crippen LogP) is 3.98. The number of pyridine rings is 1. The van der Waals surface area contributed by atoms with Crippen molar-refractivity contribution >= 4 is 40.2 Å². The molecule has 2 heterocycles. The van der Waals surface area contributed by atoms with E-state index in [1.807, 2.05) is 5.48 Å². The molecule has 0 amide bonds. The van der Waals surface area contributed by atoms with Crippen molar-refractivity contribution in [1.29, 1.82) is 0 Å². The lowest BCUT2D eigenvalue weighted by Crippen LogP contribution is -2.22. The van der Waals surface area contributed by atoms with Crippen LogP contribution in [0.5, 0.6) is 0 Å². The number of hydrogen-bond donors (Lipinski definition) is 4. The highest BCUT2D eigenvalue weighted by Gasteiger charge is 2.16. The fourth-order valence-electron chi connectivity index (χ4n) is 2.58. The number of nitrogens with zero attached hydrogens (tertiary/aromatic N) is 3. The number of amidine groups is 1. The molecule has 3 aromatic rings. The van der Waals surface area contributed by atoms with Crippen LogP contribution in [0.2, 0.25) is 5.02 Å². The molecule has 2 aromatic heterocycles. The van der Waals surface area contributed by atoms with E-state index >= 15 is 0 Å². The molecule has 11 heteroatoms. The van der Waals surface area contributed by atoms with Crippen LogP contribution >= 0.6 is 11.6 Å². The lowest BCUT2D eigenvalue weighted by Gasteiger charge is -2.13. The smallest absolute Gasteiger partial charge is 0.202 e. The minimum atomic E-state index is -1.39. The van der Waals surface area contributed by atoms with Crippen LogP contribution in [0.3, 0.4) is 0 Å². The topological polar surface area (TPSA) is 107 Å². The van der Waals surface area contributed by atoms with Crippen molar-refractivity contribution < 1.29 is 18.7 Å². The second kappa shape index (κ2) is 9.33. The maximum Gasteiger partial charge on any atom is 0.202 e. The van der Waals surface area contributed by atoms with Gasteiger partial charge in [0.2, 0.25) is 5.95 Å². The summed E-state index contributed by atoms with van der Waals surface area (Å²) in [5, 5.41) is 12.5. The first kappa shape index (κ1) is 21.9. The number of rotatable bonds is 8. The van der Waals surface area contributed by atoms with E-state index in [4.69, 9.17) is 16.3 Å². The lowest BCUT2D eigenvalue weighted by atomic mass is 10.2. The fraction of sp³-hybridized carbons (Fsp3) is 0.316. The lowest BCUT2D eigenvalue weighted by molar-refractivity contribution is 0.0417. The SMILES string of the molecule is CC(C)(F)COCCNc1nc2nccc(C(=Nc3ccc(F)c(Cl)c3)NO)c2[nH]1. The van der Waals surface area contributed by atoms with Gasteiger partial charge in [-0.15, -0.1) is 0 Å². The van der Waals surface area contributed by atoms with Crippen LogP contribution in [0.4, 0.5) is 20.4 Å². The molecule has 0 saturated carbocycles. The number of anilines is 1. The zero-order chi connectivity index (χ0) is 21.7. The molecule has 0 aliphatic carbocycles. The molecule has 1 aromatic carbocycles. The summed E-state index contributed by atoms with van der Waals surface area (Å²) in [5.74, 6) is -0.0484. The Morgan fingerprint density at radius 3 is 2.87 bits per heavy atom. The van der Waals surface area contributed by atoms with Crippen molar-refractivity contribution in [1.82, 2.24) is 20.4 Å². The molecule has 0 spiro atoms. The Labute approximate surface area is 176 Å². The number of halogens is 3. The molecular weight excluding hydrogens is 418 g/mol. The van der Waals surface area contributed by atoms with E-state index in [2.05, 4.69) is 25.3 Å². The Balaban J connectivity index is 1.78. The van der Waals surface area contributed by atoms with Crippen molar-refractivity contribution in [3.8, 4) is 0 Å². The molecule has 0 aliphatic heterocycles. The van der Waals surface area contributed by atoms with Crippen LogP contribution < -0.4 is 10.8 Å². The van der Waals surface area contributed by atoms with Crippen molar-refractivity contribution in [2.24, 2.45) is 4.99 Å². The third-order valence-corrected chi connectivity index (χ3v) is 4.17. The largest absolute Gasteiger partial charge is 0.376 e. The van der Waals surface area contributed by atoms with Crippen LogP contribution in [0, 0.1) is 5.82 Å². The van der Waals surface area contributed by atoms with Gasteiger partial charge < -0.3 is 15.0 Å². The highest BCUT2D eigenvalue weighted by Crippen LogP contribution is 2.23. The summed E-state index contributed by atoms with van der Waals surface area (Å²) in [6.45, 7) is 3.58. The molecule has 0 unspecified atom stereocenters. The molecule has 3 rings (SSSR count). The van der Waals surface area contributed by atoms with Crippen LogP contribution in [0.1, 0.15) is 19.4 Å². The Morgan fingerprint density at radius 1 is 1.37 bits per heavy atom. The molecule has 0 atom stereocenters. The molecule has 4 N–H and O–H groups in total. The molecule has 0 radical (unpaired) electrons. The average molecular weight is 439 g/mol. The maximum atomic E-state index is 13.4. The molecule has 0 aliphatic rings. The van der Waals surface area contributed by atoms with Gasteiger partial charge >= 0.3 is 0 Å². The van der Waals surface area contributed by atoms with E-state index in [1.165, 1.54) is 38.2 Å². The van der Waals surface area contributed by atoms with Gasteiger partial charge in [-0.05, 0) is 38.1 Å². The summed E-state index contributed by atoms with van der Waals surface area (Å²) in [7, 11) is 0. The molecule has 0 fully saturated rings. The van der Waals surface area contributed by atoms with Crippen LogP contribution in [-0.2, 0) is 4.74 Å². The quantitative estimate of drug-likeness (QED) is 0.183. The number of aromatic amines is 1. The van der Waals surface area contributed by atoms with E-state index in [0.29, 0.717) is 41.5 Å². The zero-order valence-corrected chi connectivity index (χ0v) is 17.1. The number of benzene rings is 1. The Morgan fingerprint density at radius 2 is 2.17 bits per heavy atom. The van der Waals surface area contributed by atoms with Crippen LogP contribution in [0.25, 0.3) is 11.2 Å². The van der Waals surface area contributed by atoms with E-state index in [0.717, 1.165) is 0 Å². The summed E-state index contributed by atoms with van der Waals surface area (Å²) < 4.78 is 32.0. The number of aliphatic imine (C=N–C) groups is 1. The molecule has 0 bridgehead atoms. The standard InChI is InChI=1S/C19H21ClF2N6O2/c1-19(2,22)10-30-8-7-24-18-26-15-12(5-6-23-17(15)27-18)16(28-29)25-11-3-4-14(21)13(20)9-11/h3-6,9,29H,7-8,10H2,1-2H3,(H,25,28)(H2,23,24,26,27). The van der Waals surface area contributed by atoms with Gasteiger partial charge in [0.25, 0.3) is 0 Å². The Hall–Kier alpha value is -2.82. The third kappa shape index (κ3) is 5.62. The summed E-state index contributed by atoms with van der Waals surface area (Å²) in [6.07, 6.45) is 1.51. The Kier molecular flexibility index (Phi) is 6.80. The summed E-state index contributed by atoms with van der Waals surface area (Å²) >= 11 is 5.79. The first-order valence-corrected chi connectivity index (χ1v) is 9.44. The minimum Gasteiger partial charge on any atom is -0.376 e. The number of nitrogens with one attached hydrogen (secondary N) is 3. The van der Waals surface area contributed by atoms with E-state index in [1.54, 1.807) is 6.07 Å². The number of imidazole rings is 1. The Bertz CT molecular complexity index is 1050. The van der Waals surface area contributed by atoms with Gasteiger partial charge in [-0.25, -0.2) is 18.8 Å². The highest BCUT2D eigenvalue weighted by molar-refractivity contribution is 6.31.